The van der Waals surface area contributed by atoms with Crippen LogP contribution in [0.2, 0.25) is 0 Å². The molecule has 0 spiro atoms. The maximum atomic E-state index is 13.5. The van der Waals surface area contributed by atoms with E-state index in [0.717, 1.165) is 5.56 Å². The summed E-state index contributed by atoms with van der Waals surface area (Å²) in [6, 6.07) is -0.161. The Morgan fingerprint density at radius 3 is 2.72 bits per heavy atom. The van der Waals surface area contributed by atoms with Crippen LogP contribution in [-0.4, -0.2) is 61.7 Å². The largest absolute Gasteiger partial charge is 0.363 e. The summed E-state index contributed by atoms with van der Waals surface area (Å²) in [5, 5.41) is 8.23. The number of anilines is 2. The van der Waals surface area contributed by atoms with Crippen molar-refractivity contribution in [3.63, 3.8) is 0 Å². The lowest BCUT2D eigenvalue weighted by Gasteiger charge is -2.31. The van der Waals surface area contributed by atoms with Crippen molar-refractivity contribution in [3.8, 4) is 0 Å². The summed E-state index contributed by atoms with van der Waals surface area (Å²) in [6.07, 6.45) is 8.71. The second kappa shape index (κ2) is 7.25. The first kappa shape index (κ1) is 20.3. The number of aliphatic imine (C=N–C) groups is 1. The molecule has 1 amide bonds. The lowest BCUT2D eigenvalue weighted by molar-refractivity contribution is 0.0866. The van der Waals surface area contributed by atoms with Crippen LogP contribution in [0.15, 0.2) is 41.4 Å². The summed E-state index contributed by atoms with van der Waals surface area (Å²) in [5.41, 5.74) is 1.02. The van der Waals surface area contributed by atoms with Crippen molar-refractivity contribution in [1.82, 2.24) is 24.6 Å². The Labute approximate surface area is 185 Å². The SMILES string of the molecule is Cc1ncc(Cn2nc3c(c2NC2C=CC(F)=CC2)C(=O)N(C)C2=NC(C)(C)CN23)cn1. The summed E-state index contributed by atoms with van der Waals surface area (Å²) in [6.45, 7) is 6.90. The van der Waals surface area contributed by atoms with Crippen molar-refractivity contribution in [2.75, 3.05) is 23.8 Å². The van der Waals surface area contributed by atoms with Crippen LogP contribution in [0.1, 0.15) is 42.0 Å². The highest BCUT2D eigenvalue weighted by Crippen LogP contribution is 2.38. The number of rotatable bonds is 4. The minimum Gasteiger partial charge on any atom is -0.363 e. The maximum Gasteiger partial charge on any atom is 0.267 e. The molecule has 1 atom stereocenters. The van der Waals surface area contributed by atoms with Crippen LogP contribution in [-0.2, 0) is 6.54 Å². The van der Waals surface area contributed by atoms with Gasteiger partial charge in [-0.3, -0.25) is 14.6 Å². The molecule has 0 fully saturated rings. The highest BCUT2D eigenvalue weighted by molar-refractivity contribution is 6.20. The molecule has 0 radical (unpaired) electrons. The Hall–Kier alpha value is -3.56. The third kappa shape index (κ3) is 3.45. The first-order chi connectivity index (χ1) is 15.2. The van der Waals surface area contributed by atoms with Crippen molar-refractivity contribution >= 4 is 23.5 Å². The van der Waals surface area contributed by atoms with Gasteiger partial charge in [0, 0.05) is 31.0 Å². The Bertz CT molecular complexity index is 1180. The zero-order valence-corrected chi connectivity index (χ0v) is 18.5. The van der Waals surface area contributed by atoms with Crippen LogP contribution in [0.25, 0.3) is 0 Å². The van der Waals surface area contributed by atoms with Gasteiger partial charge in [-0.15, -0.1) is 0 Å². The molecule has 166 valence electrons. The molecule has 0 aromatic carbocycles. The number of carbonyl (C=O) groups excluding carboxylic acids is 1. The van der Waals surface area contributed by atoms with Crippen molar-refractivity contribution in [1.29, 1.82) is 0 Å². The number of nitrogens with zero attached hydrogens (tertiary/aromatic N) is 7. The predicted octanol–water partition coefficient (Wildman–Crippen LogP) is 2.66. The molecular formula is C22H25FN8O. The molecule has 1 unspecified atom stereocenters. The third-order valence-electron chi connectivity index (χ3n) is 5.74. The van der Waals surface area contributed by atoms with E-state index in [1.165, 1.54) is 12.2 Å². The van der Waals surface area contributed by atoms with Crippen molar-refractivity contribution in [2.45, 2.75) is 45.3 Å². The number of aromatic nitrogens is 4. The van der Waals surface area contributed by atoms with Gasteiger partial charge in [-0.2, -0.15) is 5.10 Å². The third-order valence-corrected chi connectivity index (χ3v) is 5.74. The molecule has 1 aliphatic carbocycles. The molecule has 3 aliphatic rings. The predicted molar refractivity (Wildman–Crippen MR) is 119 cm³/mol. The summed E-state index contributed by atoms with van der Waals surface area (Å²) in [7, 11) is 1.73. The number of hydrogen-bond acceptors (Lipinski definition) is 7. The van der Waals surface area contributed by atoms with Gasteiger partial charge in [-0.05, 0) is 39.3 Å². The average Bonchev–Trinajstić information content (AvgIpc) is 3.27. The molecule has 0 saturated heterocycles. The molecule has 2 aromatic heterocycles. The number of aryl methyl sites for hydroxylation is 1. The van der Waals surface area contributed by atoms with Gasteiger partial charge in [0.2, 0.25) is 5.96 Å². The van der Waals surface area contributed by atoms with E-state index in [2.05, 4.69) is 15.3 Å². The molecule has 10 heteroatoms. The molecule has 0 bridgehead atoms. The van der Waals surface area contributed by atoms with Gasteiger partial charge in [0.25, 0.3) is 5.91 Å². The van der Waals surface area contributed by atoms with Gasteiger partial charge >= 0.3 is 0 Å². The fraction of sp³-hybridized carbons (Fsp3) is 0.409. The van der Waals surface area contributed by atoms with Crippen LogP contribution < -0.4 is 10.2 Å². The van der Waals surface area contributed by atoms with Crippen LogP contribution >= 0.6 is 0 Å². The van der Waals surface area contributed by atoms with E-state index in [0.29, 0.717) is 48.5 Å². The number of nitrogens with one attached hydrogen (secondary N) is 1. The summed E-state index contributed by atoms with van der Waals surface area (Å²) < 4.78 is 15.2. The summed E-state index contributed by atoms with van der Waals surface area (Å²) in [5.74, 6) is 2.02. The highest BCUT2D eigenvalue weighted by Gasteiger charge is 2.45. The van der Waals surface area contributed by atoms with Gasteiger partial charge < -0.3 is 5.32 Å². The zero-order valence-electron chi connectivity index (χ0n) is 18.5. The number of hydrogen-bond donors (Lipinski definition) is 1. The summed E-state index contributed by atoms with van der Waals surface area (Å²) in [4.78, 5) is 30.2. The number of halogens is 1. The Balaban J connectivity index is 1.59. The molecule has 5 rings (SSSR count). The second-order valence-electron chi connectivity index (χ2n) is 8.95. The molecule has 1 N–H and O–H groups in total. The number of allylic oxidation sites excluding steroid dienone is 2. The van der Waals surface area contributed by atoms with E-state index in [-0.39, 0.29) is 23.3 Å². The normalized spacial score (nSPS) is 21.3. The van der Waals surface area contributed by atoms with Crippen molar-refractivity contribution < 1.29 is 9.18 Å². The van der Waals surface area contributed by atoms with Crippen molar-refractivity contribution in [2.24, 2.45) is 4.99 Å². The fourth-order valence-electron chi connectivity index (χ4n) is 4.16. The quantitative estimate of drug-likeness (QED) is 0.792. The number of fused-ring (bicyclic) bond motifs is 3. The molecule has 9 nitrogen and oxygen atoms in total. The van der Waals surface area contributed by atoms with Gasteiger partial charge in [0.1, 0.15) is 23.0 Å². The number of guanidine groups is 1. The van der Waals surface area contributed by atoms with Gasteiger partial charge in [-0.25, -0.2) is 24.0 Å². The standard InChI is InChI=1S/C22H25FN8O/c1-13-24-9-14(10-25-13)11-31-18(26-16-7-5-15(23)6-8-16)17-19(28-31)30-12-22(2,3)27-21(30)29(4)20(17)32/h5-7,9-10,16,26H,8,11-12H2,1-4H3. The molecule has 4 heterocycles. The smallest absolute Gasteiger partial charge is 0.267 e. The Morgan fingerprint density at radius 2 is 2.03 bits per heavy atom. The molecule has 2 aromatic rings. The van der Waals surface area contributed by atoms with Gasteiger partial charge in [0.15, 0.2) is 5.82 Å². The van der Waals surface area contributed by atoms with Crippen LogP contribution in [0.5, 0.6) is 0 Å². The van der Waals surface area contributed by atoms with Gasteiger partial charge in [-0.1, -0.05) is 6.08 Å². The van der Waals surface area contributed by atoms with E-state index < -0.39 is 0 Å². The molecule has 0 saturated carbocycles. The lowest BCUT2D eigenvalue weighted by atomic mass is 10.1. The monoisotopic (exact) mass is 436 g/mol. The van der Waals surface area contributed by atoms with E-state index in [1.54, 1.807) is 35.1 Å². The first-order valence-electron chi connectivity index (χ1n) is 10.6. The minimum absolute atomic E-state index is 0.161. The lowest BCUT2D eigenvalue weighted by Crippen LogP contribution is -2.48. The fourth-order valence-corrected chi connectivity index (χ4v) is 4.16. The van der Waals surface area contributed by atoms with Crippen LogP contribution in [0.4, 0.5) is 16.0 Å². The average molecular weight is 436 g/mol. The molecule has 2 aliphatic heterocycles. The number of amides is 1. The van der Waals surface area contributed by atoms with E-state index in [1.807, 2.05) is 25.7 Å². The van der Waals surface area contributed by atoms with Crippen molar-refractivity contribution in [3.05, 3.63) is 53.4 Å². The summed E-state index contributed by atoms with van der Waals surface area (Å²) >= 11 is 0. The van der Waals surface area contributed by atoms with Crippen LogP contribution in [0, 0.1) is 6.92 Å². The van der Waals surface area contributed by atoms with E-state index >= 15 is 0 Å². The maximum absolute atomic E-state index is 13.5. The second-order valence-corrected chi connectivity index (χ2v) is 8.95. The molecule has 32 heavy (non-hydrogen) atoms. The topological polar surface area (TPSA) is 91.5 Å². The highest BCUT2D eigenvalue weighted by atomic mass is 19.1. The number of carbonyl (C=O) groups is 1. The van der Waals surface area contributed by atoms with E-state index in [4.69, 9.17) is 10.1 Å². The Morgan fingerprint density at radius 1 is 1.28 bits per heavy atom. The first-order valence-corrected chi connectivity index (χ1v) is 10.6. The zero-order chi connectivity index (χ0) is 22.6. The van der Waals surface area contributed by atoms with Gasteiger partial charge in [0.05, 0.1) is 18.6 Å². The van der Waals surface area contributed by atoms with Crippen LogP contribution in [0.3, 0.4) is 0 Å². The van der Waals surface area contributed by atoms with E-state index in [9.17, 15) is 9.18 Å². The minimum atomic E-state index is -0.331. The molecular weight excluding hydrogens is 411 g/mol. The Kier molecular flexibility index (Phi) is 4.61.